The highest BCUT2D eigenvalue weighted by molar-refractivity contribution is 5.82. The van der Waals surface area contributed by atoms with Crippen molar-refractivity contribution in [1.82, 2.24) is 9.88 Å². The van der Waals surface area contributed by atoms with Crippen LogP contribution in [-0.4, -0.2) is 40.2 Å². The van der Waals surface area contributed by atoms with E-state index >= 15 is 0 Å². The third-order valence-corrected chi connectivity index (χ3v) is 11.1. The van der Waals surface area contributed by atoms with Gasteiger partial charge < -0.3 is 9.64 Å². The van der Waals surface area contributed by atoms with E-state index in [1.54, 1.807) is 5.57 Å². The summed E-state index contributed by atoms with van der Waals surface area (Å²) in [5, 5.41) is 2.56. The third kappa shape index (κ3) is 3.01. The maximum atomic E-state index is 7.50. The molecule has 3 heteroatoms. The summed E-state index contributed by atoms with van der Waals surface area (Å²) in [4.78, 5) is 6.98. The molecule has 6 atom stereocenters. The van der Waals surface area contributed by atoms with E-state index in [1.165, 1.54) is 73.3 Å². The predicted octanol–water partition coefficient (Wildman–Crippen LogP) is 7.19. The van der Waals surface area contributed by atoms with Crippen LogP contribution in [0.15, 0.2) is 60.0 Å². The first-order chi connectivity index (χ1) is 16.8. The standard InChI is InChI=1S/C32H40N2O/c1-21(2)34(4)27-8-7-25-18-26-11-13-30(3)28(23-6-5-22-12-16-33-20-24(22)17-23)9-10-29(30)32(26)15-14-31(25,19-27)35-32/h5-6,11-12,16-18,20-21,27-29H,7-10,13-15,19H2,1-4H3/t27?,28?,29-,30?,31?,32-/m1/s1. The summed E-state index contributed by atoms with van der Waals surface area (Å²) in [6.45, 7) is 7.24. The van der Waals surface area contributed by atoms with Crippen molar-refractivity contribution in [1.29, 1.82) is 0 Å². The molecule has 1 aromatic heterocycles. The Kier molecular flexibility index (Phi) is 4.78. The van der Waals surface area contributed by atoms with E-state index in [0.29, 0.717) is 23.9 Å². The first-order valence-electron chi connectivity index (χ1n) is 14.0. The molecule has 2 aliphatic heterocycles. The summed E-state index contributed by atoms with van der Waals surface area (Å²) in [6, 6.07) is 10.4. The number of ether oxygens (including phenoxy) is 1. The average molecular weight is 469 g/mol. The Morgan fingerprint density at radius 3 is 2.83 bits per heavy atom. The fourth-order valence-corrected chi connectivity index (χ4v) is 9.02. The molecule has 3 nitrogen and oxygen atoms in total. The second kappa shape index (κ2) is 7.52. The maximum Gasteiger partial charge on any atom is 0.0974 e. The van der Waals surface area contributed by atoms with Crippen molar-refractivity contribution in [2.24, 2.45) is 11.3 Å². The molecule has 184 valence electrons. The average Bonchev–Trinajstić information content (AvgIpc) is 3.38. The number of aromatic nitrogens is 1. The third-order valence-electron chi connectivity index (χ3n) is 11.1. The van der Waals surface area contributed by atoms with Gasteiger partial charge in [-0.05, 0) is 124 Å². The minimum absolute atomic E-state index is 0.0195. The van der Waals surface area contributed by atoms with Crippen molar-refractivity contribution in [2.75, 3.05) is 7.05 Å². The number of nitrogens with zero attached hydrogens (tertiary/aromatic N) is 2. The molecule has 4 unspecified atom stereocenters. The van der Waals surface area contributed by atoms with Gasteiger partial charge in [-0.25, -0.2) is 0 Å². The summed E-state index contributed by atoms with van der Waals surface area (Å²) in [7, 11) is 2.32. The van der Waals surface area contributed by atoms with Crippen LogP contribution in [-0.2, 0) is 4.74 Å². The van der Waals surface area contributed by atoms with Gasteiger partial charge >= 0.3 is 0 Å². The summed E-state index contributed by atoms with van der Waals surface area (Å²) < 4.78 is 7.50. The maximum absolute atomic E-state index is 7.50. The SMILES string of the molecule is CC(C)N(C)C1CCC2=CC3=CCC4(C)C(c5ccc6ccncc6c5)CC[C@H]4[C@@]34CCC2(C1)O4. The van der Waals surface area contributed by atoms with E-state index in [-0.39, 0.29) is 16.6 Å². The highest BCUT2D eigenvalue weighted by Crippen LogP contribution is 2.69. The lowest BCUT2D eigenvalue weighted by atomic mass is 9.58. The molecule has 0 amide bonds. The molecular formula is C32H40N2O. The Morgan fingerprint density at radius 1 is 1.09 bits per heavy atom. The van der Waals surface area contributed by atoms with Crippen molar-refractivity contribution >= 4 is 10.8 Å². The number of fused-ring (bicyclic) bond motifs is 2. The number of allylic oxidation sites excluding steroid dienone is 1. The topological polar surface area (TPSA) is 25.4 Å². The Balaban J connectivity index is 1.25. The number of hydrogen-bond donors (Lipinski definition) is 0. The molecule has 2 aromatic rings. The van der Waals surface area contributed by atoms with E-state index in [0.717, 1.165) is 0 Å². The monoisotopic (exact) mass is 468 g/mol. The van der Waals surface area contributed by atoms with Crippen LogP contribution >= 0.6 is 0 Å². The fraction of sp³-hybridized carbons (Fsp3) is 0.594. The molecule has 2 spiro atoms. The molecule has 2 saturated carbocycles. The summed E-state index contributed by atoms with van der Waals surface area (Å²) in [5.41, 5.74) is 4.79. The van der Waals surface area contributed by atoms with Gasteiger partial charge in [0.2, 0.25) is 0 Å². The van der Waals surface area contributed by atoms with Gasteiger partial charge in [-0.1, -0.05) is 31.2 Å². The fourth-order valence-electron chi connectivity index (χ4n) is 9.02. The highest BCUT2D eigenvalue weighted by atomic mass is 16.5. The van der Waals surface area contributed by atoms with E-state index in [4.69, 9.17) is 4.74 Å². The Bertz CT molecular complexity index is 1250. The molecule has 0 radical (unpaired) electrons. The van der Waals surface area contributed by atoms with Crippen LogP contribution in [0.5, 0.6) is 0 Å². The van der Waals surface area contributed by atoms with Gasteiger partial charge in [-0.2, -0.15) is 0 Å². The molecule has 3 aliphatic carbocycles. The molecule has 3 heterocycles. The normalized spacial score (nSPS) is 39.9. The summed E-state index contributed by atoms with van der Waals surface area (Å²) >= 11 is 0. The molecule has 0 N–H and O–H groups in total. The van der Waals surface area contributed by atoms with Gasteiger partial charge in [-0.15, -0.1) is 0 Å². The lowest BCUT2D eigenvalue weighted by Crippen LogP contribution is -2.55. The lowest BCUT2D eigenvalue weighted by Gasteiger charge is -2.55. The van der Waals surface area contributed by atoms with Gasteiger partial charge in [0.1, 0.15) is 0 Å². The molecule has 5 aliphatic rings. The van der Waals surface area contributed by atoms with Gasteiger partial charge in [0, 0.05) is 29.9 Å². The Labute approximate surface area is 210 Å². The molecule has 2 bridgehead atoms. The zero-order valence-electron chi connectivity index (χ0n) is 21.9. The van der Waals surface area contributed by atoms with Gasteiger partial charge in [-0.3, -0.25) is 4.98 Å². The number of hydrogen-bond acceptors (Lipinski definition) is 3. The molecule has 1 aromatic carbocycles. The minimum atomic E-state index is -0.0675. The smallest absolute Gasteiger partial charge is 0.0974 e. The second-order valence-electron chi connectivity index (χ2n) is 12.8. The van der Waals surface area contributed by atoms with E-state index in [2.05, 4.69) is 74.1 Å². The predicted molar refractivity (Wildman–Crippen MR) is 142 cm³/mol. The molecule has 1 saturated heterocycles. The van der Waals surface area contributed by atoms with E-state index < -0.39 is 0 Å². The van der Waals surface area contributed by atoms with Gasteiger partial charge in [0.05, 0.1) is 11.2 Å². The molecule has 7 rings (SSSR count). The molecular weight excluding hydrogens is 428 g/mol. The van der Waals surface area contributed by atoms with Crippen LogP contribution in [0.1, 0.15) is 83.6 Å². The van der Waals surface area contributed by atoms with Crippen LogP contribution in [0.2, 0.25) is 0 Å². The molecule has 3 fully saturated rings. The van der Waals surface area contributed by atoms with Crippen LogP contribution in [0, 0.1) is 11.3 Å². The lowest BCUT2D eigenvalue weighted by molar-refractivity contribution is -0.141. The summed E-state index contributed by atoms with van der Waals surface area (Å²) in [6.07, 6.45) is 18.9. The van der Waals surface area contributed by atoms with E-state index in [1.807, 2.05) is 12.4 Å². The van der Waals surface area contributed by atoms with Crippen LogP contribution < -0.4 is 0 Å². The first-order valence-corrected chi connectivity index (χ1v) is 14.0. The number of rotatable bonds is 3. The largest absolute Gasteiger partial charge is 0.359 e. The quantitative estimate of drug-likeness (QED) is 0.477. The second-order valence-corrected chi connectivity index (χ2v) is 12.8. The molecule has 35 heavy (non-hydrogen) atoms. The van der Waals surface area contributed by atoms with E-state index in [9.17, 15) is 0 Å². The van der Waals surface area contributed by atoms with Gasteiger partial charge in [0.15, 0.2) is 0 Å². The van der Waals surface area contributed by atoms with Crippen molar-refractivity contribution in [3.63, 3.8) is 0 Å². The first kappa shape index (κ1) is 22.2. The van der Waals surface area contributed by atoms with Crippen molar-refractivity contribution in [2.45, 2.75) is 101 Å². The number of benzene rings is 1. The van der Waals surface area contributed by atoms with Gasteiger partial charge in [0.25, 0.3) is 0 Å². The minimum Gasteiger partial charge on any atom is -0.359 e. The Morgan fingerprint density at radius 2 is 1.97 bits per heavy atom. The summed E-state index contributed by atoms with van der Waals surface area (Å²) in [5.74, 6) is 1.19. The zero-order chi connectivity index (χ0) is 24.0. The van der Waals surface area contributed by atoms with Crippen molar-refractivity contribution in [3.8, 4) is 0 Å². The van der Waals surface area contributed by atoms with Crippen molar-refractivity contribution in [3.05, 3.63) is 65.5 Å². The van der Waals surface area contributed by atoms with Crippen LogP contribution in [0.25, 0.3) is 10.8 Å². The van der Waals surface area contributed by atoms with Crippen LogP contribution in [0.4, 0.5) is 0 Å². The number of pyridine rings is 1. The Hall–Kier alpha value is -1.97. The zero-order valence-corrected chi connectivity index (χ0v) is 21.9. The highest BCUT2D eigenvalue weighted by Gasteiger charge is 2.66. The van der Waals surface area contributed by atoms with Crippen LogP contribution in [0.3, 0.4) is 0 Å². The van der Waals surface area contributed by atoms with Crippen molar-refractivity contribution < 1.29 is 4.74 Å².